The molecule has 1 aromatic rings. The highest BCUT2D eigenvalue weighted by Gasteiger charge is 2.21. The average molecular weight is 477 g/mol. The molecule has 0 saturated carbocycles. The Hall–Kier alpha value is -1.91. The average Bonchev–Trinajstić information content (AvgIpc) is 2.58. The van der Waals surface area contributed by atoms with Gasteiger partial charge in [0.1, 0.15) is 12.4 Å². The second-order valence-electron chi connectivity index (χ2n) is 5.72. The summed E-state index contributed by atoms with van der Waals surface area (Å²) >= 11 is 0. The van der Waals surface area contributed by atoms with Gasteiger partial charge < -0.3 is 20.4 Å². The highest BCUT2D eigenvalue weighted by atomic mass is 127. The van der Waals surface area contributed by atoms with Crippen LogP contribution in [0.3, 0.4) is 0 Å². The summed E-state index contributed by atoms with van der Waals surface area (Å²) in [5.74, 6) is -0.0162. The number of hydrogen-bond acceptors (Lipinski definition) is 3. The van der Waals surface area contributed by atoms with E-state index in [1.54, 1.807) is 17.9 Å². The number of nitrogens with zero attached hydrogens (tertiary/aromatic N) is 3. The van der Waals surface area contributed by atoms with Crippen molar-refractivity contribution in [3.63, 3.8) is 0 Å². The summed E-state index contributed by atoms with van der Waals surface area (Å²) in [6.07, 6.45) is 0. The zero-order valence-corrected chi connectivity index (χ0v) is 17.3. The summed E-state index contributed by atoms with van der Waals surface area (Å²) in [7, 11) is 0. The van der Waals surface area contributed by atoms with Gasteiger partial charge in [0.25, 0.3) is 0 Å². The molecule has 1 saturated heterocycles. The third-order valence-corrected chi connectivity index (χ3v) is 3.84. The summed E-state index contributed by atoms with van der Waals surface area (Å²) in [4.78, 5) is 31.6. The van der Waals surface area contributed by atoms with Gasteiger partial charge in [-0.3, -0.25) is 9.59 Å². The first-order chi connectivity index (χ1) is 12.0. The predicted octanol–water partition coefficient (Wildman–Crippen LogP) is 1.51. The van der Waals surface area contributed by atoms with Crippen LogP contribution < -0.4 is 10.6 Å². The number of carbonyl (C=O) groups is 2. The van der Waals surface area contributed by atoms with E-state index in [1.165, 1.54) is 18.2 Å². The molecule has 1 aliphatic heterocycles. The van der Waals surface area contributed by atoms with Crippen LogP contribution in [0.15, 0.2) is 29.3 Å². The molecular formula is C17H25FIN5O2. The maximum atomic E-state index is 13.1. The molecule has 0 spiro atoms. The summed E-state index contributed by atoms with van der Waals surface area (Å²) in [5.41, 5.74) is 0.403. The molecule has 2 rings (SSSR count). The van der Waals surface area contributed by atoms with Crippen molar-refractivity contribution in [3.05, 3.63) is 30.1 Å². The monoisotopic (exact) mass is 477 g/mol. The van der Waals surface area contributed by atoms with Crippen molar-refractivity contribution < 1.29 is 14.0 Å². The van der Waals surface area contributed by atoms with E-state index in [2.05, 4.69) is 15.6 Å². The van der Waals surface area contributed by atoms with Gasteiger partial charge in [0.2, 0.25) is 11.8 Å². The molecule has 1 heterocycles. The Morgan fingerprint density at radius 1 is 1.19 bits per heavy atom. The molecular weight excluding hydrogens is 452 g/mol. The van der Waals surface area contributed by atoms with E-state index in [4.69, 9.17) is 0 Å². The largest absolute Gasteiger partial charge is 0.357 e. The van der Waals surface area contributed by atoms with Crippen molar-refractivity contribution in [2.24, 2.45) is 4.99 Å². The molecule has 9 heteroatoms. The lowest BCUT2D eigenvalue weighted by molar-refractivity contribution is -0.130. The Balaban J connectivity index is 0.00000338. The number of rotatable bonds is 4. The molecule has 0 atom stereocenters. The second kappa shape index (κ2) is 10.9. The van der Waals surface area contributed by atoms with Gasteiger partial charge in [-0.2, -0.15) is 0 Å². The topological polar surface area (TPSA) is 77.0 Å². The van der Waals surface area contributed by atoms with Crippen LogP contribution in [-0.2, 0) is 9.59 Å². The maximum absolute atomic E-state index is 13.1. The van der Waals surface area contributed by atoms with E-state index in [1.807, 2.05) is 11.8 Å². The van der Waals surface area contributed by atoms with Crippen LogP contribution in [0.5, 0.6) is 0 Å². The standard InChI is InChI=1S/C17H24FN5O2.HI/c1-3-19-17(23-9-7-22(8-10-23)13(2)24)20-12-16(25)21-15-6-4-5-14(18)11-15;/h4-6,11H,3,7-10,12H2,1-2H3,(H,19,20)(H,21,25);1H. The van der Waals surface area contributed by atoms with Crippen LogP contribution in [0.4, 0.5) is 10.1 Å². The number of anilines is 1. The molecule has 1 aliphatic rings. The molecule has 0 bridgehead atoms. The van der Waals surface area contributed by atoms with Crippen LogP contribution in [0.25, 0.3) is 0 Å². The summed E-state index contributed by atoms with van der Waals surface area (Å²) < 4.78 is 13.1. The fourth-order valence-corrected chi connectivity index (χ4v) is 2.57. The Morgan fingerprint density at radius 3 is 2.42 bits per heavy atom. The number of amides is 2. The maximum Gasteiger partial charge on any atom is 0.246 e. The second-order valence-corrected chi connectivity index (χ2v) is 5.72. The van der Waals surface area contributed by atoms with Crippen molar-refractivity contribution in [2.45, 2.75) is 13.8 Å². The van der Waals surface area contributed by atoms with E-state index >= 15 is 0 Å². The van der Waals surface area contributed by atoms with Crippen molar-refractivity contribution >= 4 is 47.4 Å². The molecule has 0 radical (unpaired) electrons. The van der Waals surface area contributed by atoms with Gasteiger partial charge in [-0.1, -0.05) is 6.07 Å². The summed E-state index contributed by atoms with van der Waals surface area (Å²) in [6.45, 7) is 6.72. The highest BCUT2D eigenvalue weighted by Crippen LogP contribution is 2.09. The number of hydrogen-bond donors (Lipinski definition) is 2. The quantitative estimate of drug-likeness (QED) is 0.392. The summed E-state index contributed by atoms with van der Waals surface area (Å²) in [5, 5.41) is 5.78. The minimum Gasteiger partial charge on any atom is -0.357 e. The van der Waals surface area contributed by atoms with E-state index in [-0.39, 0.29) is 42.3 Å². The number of halogens is 2. The minimum atomic E-state index is -0.405. The van der Waals surface area contributed by atoms with E-state index in [0.717, 1.165) is 0 Å². The highest BCUT2D eigenvalue weighted by molar-refractivity contribution is 14.0. The molecule has 2 amide bonds. The molecule has 1 fully saturated rings. The summed E-state index contributed by atoms with van der Waals surface area (Å²) in [6, 6.07) is 5.73. The zero-order valence-electron chi connectivity index (χ0n) is 15.0. The van der Waals surface area contributed by atoms with Crippen LogP contribution in [-0.4, -0.2) is 66.8 Å². The molecule has 26 heavy (non-hydrogen) atoms. The number of carbonyl (C=O) groups excluding carboxylic acids is 2. The van der Waals surface area contributed by atoms with Gasteiger partial charge in [0, 0.05) is 45.3 Å². The van der Waals surface area contributed by atoms with Crippen LogP contribution in [0, 0.1) is 5.82 Å². The number of aliphatic imine (C=N–C) groups is 1. The van der Waals surface area contributed by atoms with Crippen molar-refractivity contribution in [1.82, 2.24) is 15.1 Å². The zero-order chi connectivity index (χ0) is 18.2. The first-order valence-electron chi connectivity index (χ1n) is 8.33. The number of guanidine groups is 1. The first-order valence-corrected chi connectivity index (χ1v) is 8.33. The SMILES string of the molecule is CCNC(=NCC(=O)Nc1cccc(F)c1)N1CCN(C(C)=O)CC1.I. The van der Waals surface area contributed by atoms with Gasteiger partial charge in [-0.15, -0.1) is 24.0 Å². The Labute approximate surface area is 170 Å². The van der Waals surface area contributed by atoms with Gasteiger partial charge in [-0.05, 0) is 25.1 Å². The van der Waals surface area contributed by atoms with E-state index in [9.17, 15) is 14.0 Å². The van der Waals surface area contributed by atoms with Crippen molar-refractivity contribution in [3.8, 4) is 0 Å². The number of benzene rings is 1. The van der Waals surface area contributed by atoms with Crippen LogP contribution >= 0.6 is 24.0 Å². The molecule has 1 aromatic carbocycles. The fourth-order valence-electron chi connectivity index (χ4n) is 2.57. The first kappa shape index (κ1) is 22.1. The lowest BCUT2D eigenvalue weighted by Gasteiger charge is -2.36. The molecule has 0 aliphatic carbocycles. The molecule has 144 valence electrons. The molecule has 2 N–H and O–H groups in total. The normalized spacial score (nSPS) is 14.5. The van der Waals surface area contributed by atoms with Gasteiger partial charge in [0.05, 0.1) is 0 Å². The van der Waals surface area contributed by atoms with Gasteiger partial charge in [0.15, 0.2) is 5.96 Å². The Morgan fingerprint density at radius 2 is 1.85 bits per heavy atom. The lowest BCUT2D eigenvalue weighted by atomic mass is 10.3. The van der Waals surface area contributed by atoms with Gasteiger partial charge >= 0.3 is 0 Å². The van der Waals surface area contributed by atoms with Gasteiger partial charge in [-0.25, -0.2) is 9.38 Å². The number of piperazine rings is 1. The lowest BCUT2D eigenvalue weighted by Crippen LogP contribution is -2.53. The molecule has 0 unspecified atom stereocenters. The predicted molar refractivity (Wildman–Crippen MR) is 110 cm³/mol. The van der Waals surface area contributed by atoms with Crippen LogP contribution in [0.1, 0.15) is 13.8 Å². The van der Waals surface area contributed by atoms with Crippen LogP contribution in [0.2, 0.25) is 0 Å². The number of nitrogens with one attached hydrogen (secondary N) is 2. The van der Waals surface area contributed by atoms with E-state index in [0.29, 0.717) is 44.4 Å². The fraction of sp³-hybridized carbons (Fsp3) is 0.471. The molecule has 7 nitrogen and oxygen atoms in total. The van der Waals surface area contributed by atoms with E-state index < -0.39 is 5.82 Å². The van der Waals surface area contributed by atoms with Crippen molar-refractivity contribution in [1.29, 1.82) is 0 Å². The third kappa shape index (κ3) is 6.77. The minimum absolute atomic E-state index is 0. The third-order valence-electron chi connectivity index (χ3n) is 3.84. The Kier molecular flexibility index (Phi) is 9.31. The Bertz CT molecular complexity index is 648. The smallest absolute Gasteiger partial charge is 0.246 e. The van der Waals surface area contributed by atoms with Crippen molar-refractivity contribution in [2.75, 3.05) is 44.6 Å². The molecule has 0 aromatic heterocycles.